The van der Waals surface area contributed by atoms with Crippen molar-refractivity contribution in [3.05, 3.63) is 106 Å². The van der Waals surface area contributed by atoms with Crippen LogP contribution in [0.3, 0.4) is 0 Å². The van der Waals surface area contributed by atoms with Crippen LogP contribution < -0.4 is 4.74 Å². The molecule has 2 heterocycles. The van der Waals surface area contributed by atoms with Crippen molar-refractivity contribution in [3.63, 3.8) is 0 Å². The van der Waals surface area contributed by atoms with Gasteiger partial charge in [0, 0.05) is 34.0 Å². The highest BCUT2D eigenvalue weighted by Crippen LogP contribution is 2.38. The van der Waals surface area contributed by atoms with Crippen LogP contribution in [0.2, 0.25) is 10.2 Å². The lowest BCUT2D eigenvalue weighted by Crippen LogP contribution is -2.27. The van der Waals surface area contributed by atoms with E-state index in [4.69, 9.17) is 33.0 Å². The zero-order chi connectivity index (χ0) is 22.9. The molecule has 164 valence electrons. The number of rotatable bonds is 4. The molecule has 7 heteroatoms. The highest BCUT2D eigenvalue weighted by Gasteiger charge is 2.35. The van der Waals surface area contributed by atoms with Gasteiger partial charge in [0.25, 0.3) is 5.91 Å². The van der Waals surface area contributed by atoms with Crippen LogP contribution in [0.15, 0.2) is 84.0 Å². The lowest BCUT2D eigenvalue weighted by molar-refractivity contribution is 0.0711. The van der Waals surface area contributed by atoms with Gasteiger partial charge in [0.05, 0.1) is 24.4 Å². The maximum atomic E-state index is 13.4. The van der Waals surface area contributed by atoms with Crippen molar-refractivity contribution in [2.45, 2.75) is 12.5 Å². The van der Waals surface area contributed by atoms with Gasteiger partial charge in [0.2, 0.25) is 0 Å². The summed E-state index contributed by atoms with van der Waals surface area (Å²) in [5, 5.41) is 8.11. The van der Waals surface area contributed by atoms with E-state index >= 15 is 0 Å². The highest BCUT2D eigenvalue weighted by atomic mass is 35.5. The predicted octanol–water partition coefficient (Wildman–Crippen LogP) is 6.54. The molecule has 0 saturated heterocycles. The predicted molar refractivity (Wildman–Crippen MR) is 131 cm³/mol. The van der Waals surface area contributed by atoms with Gasteiger partial charge in [-0.1, -0.05) is 53.5 Å². The van der Waals surface area contributed by atoms with Gasteiger partial charge >= 0.3 is 0 Å². The average Bonchev–Trinajstić information content (AvgIpc) is 3.29. The van der Waals surface area contributed by atoms with Gasteiger partial charge in [-0.05, 0) is 48.0 Å². The lowest BCUT2D eigenvalue weighted by Gasteiger charge is -2.23. The van der Waals surface area contributed by atoms with Crippen LogP contribution in [-0.2, 0) is 0 Å². The molecular weight excluding hydrogens is 457 g/mol. The van der Waals surface area contributed by atoms with Gasteiger partial charge < -0.3 is 4.74 Å². The zero-order valence-corrected chi connectivity index (χ0v) is 19.2. The second kappa shape index (κ2) is 8.85. The molecule has 1 aliphatic rings. The summed E-state index contributed by atoms with van der Waals surface area (Å²) in [5.41, 5.74) is 3.71. The van der Waals surface area contributed by atoms with E-state index in [2.05, 4.69) is 4.98 Å². The summed E-state index contributed by atoms with van der Waals surface area (Å²) in [7, 11) is 1.61. The molecule has 0 spiro atoms. The Morgan fingerprint density at radius 1 is 1.00 bits per heavy atom. The molecule has 3 aromatic carbocycles. The van der Waals surface area contributed by atoms with Crippen LogP contribution in [0.5, 0.6) is 5.75 Å². The third-order valence-corrected chi connectivity index (χ3v) is 6.24. The number of amides is 1. The lowest BCUT2D eigenvalue weighted by atomic mass is 9.98. The fourth-order valence-corrected chi connectivity index (χ4v) is 4.37. The Labute approximate surface area is 201 Å². The van der Waals surface area contributed by atoms with Crippen molar-refractivity contribution in [2.24, 2.45) is 5.10 Å². The second-order valence-electron chi connectivity index (χ2n) is 7.72. The van der Waals surface area contributed by atoms with Gasteiger partial charge in [-0.25, -0.2) is 9.99 Å². The fraction of sp³-hybridized carbons (Fsp3) is 0.115. The first-order chi connectivity index (χ1) is 16.0. The number of fused-ring (bicyclic) bond motifs is 1. The molecule has 0 aliphatic carbocycles. The van der Waals surface area contributed by atoms with Crippen molar-refractivity contribution in [2.75, 3.05) is 7.11 Å². The van der Waals surface area contributed by atoms with Crippen molar-refractivity contribution in [1.29, 1.82) is 0 Å². The number of hydrogen-bond acceptors (Lipinski definition) is 4. The molecule has 0 radical (unpaired) electrons. The molecule has 1 aromatic heterocycles. The minimum Gasteiger partial charge on any atom is -0.497 e. The Morgan fingerprint density at radius 3 is 2.48 bits per heavy atom. The van der Waals surface area contributed by atoms with Crippen LogP contribution in [0.25, 0.3) is 10.9 Å². The number of ether oxygens (including phenoxy) is 1. The molecular formula is C26H19Cl2N3O2. The molecule has 5 nitrogen and oxygen atoms in total. The Bertz CT molecular complexity index is 1370. The van der Waals surface area contributed by atoms with E-state index in [1.165, 1.54) is 5.01 Å². The van der Waals surface area contributed by atoms with Gasteiger partial charge in [-0.2, -0.15) is 5.10 Å². The number of carbonyl (C=O) groups is 1. The Kier molecular flexibility index (Phi) is 5.75. The molecule has 0 saturated carbocycles. The minimum atomic E-state index is -0.394. The normalized spacial score (nSPS) is 15.5. The van der Waals surface area contributed by atoms with Crippen molar-refractivity contribution in [1.82, 2.24) is 9.99 Å². The molecule has 0 bridgehead atoms. The minimum absolute atomic E-state index is 0.199. The molecule has 1 aliphatic heterocycles. The van der Waals surface area contributed by atoms with Gasteiger partial charge in [0.1, 0.15) is 10.9 Å². The summed E-state index contributed by atoms with van der Waals surface area (Å²) >= 11 is 12.7. The number of carbonyl (C=O) groups excluding carboxylic acids is 1. The van der Waals surface area contributed by atoms with Crippen molar-refractivity contribution >= 4 is 45.7 Å². The number of hydrazone groups is 1. The van der Waals surface area contributed by atoms with Crippen LogP contribution in [0.4, 0.5) is 0 Å². The number of hydrogen-bond donors (Lipinski definition) is 0. The second-order valence-corrected chi connectivity index (χ2v) is 8.51. The monoisotopic (exact) mass is 475 g/mol. The molecule has 4 aromatic rings. The smallest absolute Gasteiger partial charge is 0.274 e. The van der Waals surface area contributed by atoms with Crippen LogP contribution in [0, 0.1) is 0 Å². The number of halogens is 2. The largest absolute Gasteiger partial charge is 0.497 e. The third kappa shape index (κ3) is 4.17. The van der Waals surface area contributed by atoms with Crippen LogP contribution >= 0.6 is 23.2 Å². The van der Waals surface area contributed by atoms with E-state index < -0.39 is 6.04 Å². The molecule has 1 atom stereocenters. The number of methoxy groups -OCH3 is 1. The van der Waals surface area contributed by atoms with E-state index in [-0.39, 0.29) is 5.91 Å². The van der Waals surface area contributed by atoms with E-state index in [0.29, 0.717) is 27.9 Å². The van der Waals surface area contributed by atoms with E-state index in [9.17, 15) is 4.79 Å². The zero-order valence-electron chi connectivity index (χ0n) is 17.7. The Balaban J connectivity index is 1.59. The number of pyridine rings is 1. The summed E-state index contributed by atoms with van der Waals surface area (Å²) in [6.45, 7) is 0. The number of aromatic nitrogens is 1. The fourth-order valence-electron chi connectivity index (χ4n) is 3.97. The summed E-state index contributed by atoms with van der Waals surface area (Å²) in [6.07, 6.45) is 0.503. The third-order valence-electron chi connectivity index (χ3n) is 5.68. The first-order valence-electron chi connectivity index (χ1n) is 10.4. The van der Waals surface area contributed by atoms with Crippen LogP contribution in [-0.4, -0.2) is 28.7 Å². The van der Waals surface area contributed by atoms with Crippen LogP contribution in [0.1, 0.15) is 33.9 Å². The molecule has 1 amide bonds. The van der Waals surface area contributed by atoms with E-state index in [0.717, 1.165) is 27.7 Å². The molecule has 0 fully saturated rings. The summed E-state index contributed by atoms with van der Waals surface area (Å²) in [4.78, 5) is 18.0. The molecule has 0 N–H and O–H groups in total. The molecule has 33 heavy (non-hydrogen) atoms. The van der Waals surface area contributed by atoms with Crippen molar-refractivity contribution in [3.8, 4) is 5.75 Å². The Hall–Kier alpha value is -3.41. The maximum Gasteiger partial charge on any atom is 0.274 e. The first-order valence-corrected chi connectivity index (χ1v) is 11.2. The molecule has 5 rings (SSSR count). The van der Waals surface area contributed by atoms with E-state index in [1.807, 2.05) is 66.7 Å². The SMILES string of the molecule is COc1ccc2cc([C@H]3CC(c4ccc(Cl)cc4)=NN3C(=O)c3ccccc3)c(Cl)nc2c1. The molecule has 0 unspecified atom stereocenters. The summed E-state index contributed by atoms with van der Waals surface area (Å²) < 4.78 is 5.30. The highest BCUT2D eigenvalue weighted by molar-refractivity contribution is 6.31. The Morgan fingerprint density at radius 2 is 1.76 bits per heavy atom. The van der Waals surface area contributed by atoms with Gasteiger partial charge in [0.15, 0.2) is 0 Å². The van der Waals surface area contributed by atoms with E-state index in [1.54, 1.807) is 19.2 Å². The average molecular weight is 476 g/mol. The summed E-state index contributed by atoms with van der Waals surface area (Å²) in [6, 6.07) is 23.8. The number of nitrogens with zero attached hydrogens (tertiary/aromatic N) is 3. The first kappa shape index (κ1) is 21.4. The van der Waals surface area contributed by atoms with Gasteiger partial charge in [-0.15, -0.1) is 0 Å². The van der Waals surface area contributed by atoms with Crippen molar-refractivity contribution < 1.29 is 9.53 Å². The topological polar surface area (TPSA) is 54.8 Å². The quantitative estimate of drug-likeness (QED) is 0.314. The standard InChI is InChI=1S/C26H19Cl2N3O2/c1-33-20-12-9-18-13-21(25(28)29-22(18)14-20)24-15-23(16-7-10-19(27)11-8-16)30-31(24)26(32)17-5-3-2-4-6-17/h2-14,24H,15H2,1H3/t24-/m1/s1. The number of benzene rings is 3. The maximum absolute atomic E-state index is 13.4. The van der Waals surface area contributed by atoms with Gasteiger partial charge in [-0.3, -0.25) is 4.79 Å². The summed E-state index contributed by atoms with van der Waals surface area (Å²) in [5.74, 6) is 0.504.